The van der Waals surface area contributed by atoms with E-state index in [4.69, 9.17) is 9.97 Å². The number of hydrogen-bond acceptors (Lipinski definition) is 4. The number of aromatic nitrogens is 3. The number of hydrogen-bond donors (Lipinski definition) is 0. The van der Waals surface area contributed by atoms with E-state index in [2.05, 4.69) is 204 Å². The average molecular weight is 771 g/mol. The van der Waals surface area contributed by atoms with Gasteiger partial charge in [-0.05, 0) is 107 Å². The molecule has 59 heavy (non-hydrogen) atoms. The van der Waals surface area contributed by atoms with Crippen LogP contribution in [0.2, 0.25) is 0 Å². The minimum Gasteiger partial charge on any atom is -0.309 e. The second-order valence-corrected chi connectivity index (χ2v) is 16.1. The Morgan fingerprint density at radius 3 is 1.92 bits per heavy atom. The fourth-order valence-corrected chi connectivity index (χ4v) is 9.92. The minimum absolute atomic E-state index is 0.713. The molecule has 0 amide bonds. The summed E-state index contributed by atoms with van der Waals surface area (Å²) < 4.78 is 2.40. The van der Waals surface area contributed by atoms with Crippen LogP contribution in [0.15, 0.2) is 216 Å². The molecular formula is C54H34N4S. The standard InChI is InChI=1S/C54H34N4S/c1-3-14-36(15-4-1)53-43-19-9-10-20-45(43)55-54(56-53)37-23-28-41(29-24-37)57-46-30-26-38(33-44(46)52-42-18-8-7-13-35(42)25-32-49(52)57)39-27-31-48-51(34-39)59-50-22-12-11-21-47(50)58(48)40-16-5-2-6-17-40/h1-34H. The summed E-state index contributed by atoms with van der Waals surface area (Å²) in [7, 11) is 0. The molecule has 9 aromatic carbocycles. The Morgan fingerprint density at radius 1 is 0.390 bits per heavy atom. The molecule has 5 heteroatoms. The summed E-state index contributed by atoms with van der Waals surface area (Å²) in [6.07, 6.45) is 0. The first kappa shape index (κ1) is 33.6. The van der Waals surface area contributed by atoms with E-state index in [1.54, 1.807) is 0 Å². The maximum absolute atomic E-state index is 5.14. The first-order valence-corrected chi connectivity index (χ1v) is 20.7. The van der Waals surface area contributed by atoms with E-state index in [1.807, 2.05) is 23.9 Å². The van der Waals surface area contributed by atoms with Gasteiger partial charge in [-0.25, -0.2) is 9.97 Å². The van der Waals surface area contributed by atoms with E-state index >= 15 is 0 Å². The van der Waals surface area contributed by atoms with E-state index in [-0.39, 0.29) is 0 Å². The molecule has 0 unspecified atom stereocenters. The largest absolute Gasteiger partial charge is 0.309 e. The Morgan fingerprint density at radius 2 is 1.05 bits per heavy atom. The normalized spacial score (nSPS) is 12.3. The van der Waals surface area contributed by atoms with Gasteiger partial charge in [-0.1, -0.05) is 133 Å². The maximum atomic E-state index is 5.14. The highest BCUT2D eigenvalue weighted by molar-refractivity contribution is 7.99. The maximum Gasteiger partial charge on any atom is 0.160 e. The molecule has 0 saturated carbocycles. The van der Waals surface area contributed by atoms with Crippen LogP contribution in [-0.4, -0.2) is 14.5 Å². The summed E-state index contributed by atoms with van der Waals surface area (Å²) in [5, 5.41) is 6.00. The van der Waals surface area contributed by atoms with Crippen molar-refractivity contribution in [1.29, 1.82) is 0 Å². The smallest absolute Gasteiger partial charge is 0.160 e. The quantitative estimate of drug-likeness (QED) is 0.175. The Labute approximate surface area is 345 Å². The van der Waals surface area contributed by atoms with E-state index in [9.17, 15) is 0 Å². The summed E-state index contributed by atoms with van der Waals surface area (Å²) in [6, 6.07) is 73.9. The van der Waals surface area contributed by atoms with E-state index < -0.39 is 0 Å². The molecule has 0 atom stereocenters. The van der Waals surface area contributed by atoms with Gasteiger partial charge in [0.15, 0.2) is 5.82 Å². The lowest BCUT2D eigenvalue weighted by atomic mass is 9.99. The SMILES string of the molecule is c1ccc(-c2nc(-c3ccc(-n4c5ccc(-c6ccc7c(c6)Sc6ccccc6N7c6ccccc6)cc5c5c6ccccc6ccc54)cc3)nc3ccccc23)cc1. The van der Waals surface area contributed by atoms with Crippen molar-refractivity contribution in [3.63, 3.8) is 0 Å². The van der Waals surface area contributed by atoms with Gasteiger partial charge in [-0.3, -0.25) is 0 Å². The van der Waals surface area contributed by atoms with E-state index in [0.29, 0.717) is 5.82 Å². The Hall–Kier alpha value is -7.47. The number of fused-ring (bicyclic) bond motifs is 8. The third-order valence-electron chi connectivity index (χ3n) is 11.6. The fraction of sp³-hybridized carbons (Fsp3) is 0. The summed E-state index contributed by atoms with van der Waals surface area (Å²) in [5.74, 6) is 0.713. The lowest BCUT2D eigenvalue weighted by Gasteiger charge is -2.33. The number of rotatable bonds is 5. The molecule has 11 aromatic rings. The highest BCUT2D eigenvalue weighted by atomic mass is 32.2. The molecule has 276 valence electrons. The number of anilines is 3. The van der Waals surface area contributed by atoms with Crippen LogP contribution < -0.4 is 4.90 Å². The molecule has 1 aliphatic heterocycles. The molecule has 0 bridgehead atoms. The lowest BCUT2D eigenvalue weighted by Crippen LogP contribution is -2.14. The molecule has 0 saturated heterocycles. The number of nitrogens with zero attached hydrogens (tertiary/aromatic N) is 4. The van der Waals surface area contributed by atoms with E-state index in [1.165, 1.54) is 59.4 Å². The number of para-hydroxylation sites is 3. The van der Waals surface area contributed by atoms with Gasteiger partial charge < -0.3 is 9.47 Å². The van der Waals surface area contributed by atoms with Gasteiger partial charge in [0.25, 0.3) is 0 Å². The zero-order valence-electron chi connectivity index (χ0n) is 31.8. The van der Waals surface area contributed by atoms with Crippen molar-refractivity contribution < 1.29 is 0 Å². The first-order valence-electron chi connectivity index (χ1n) is 19.9. The van der Waals surface area contributed by atoms with Crippen molar-refractivity contribution >= 4 is 72.3 Å². The van der Waals surface area contributed by atoms with Gasteiger partial charge in [0.05, 0.1) is 33.6 Å². The molecule has 0 fully saturated rings. The summed E-state index contributed by atoms with van der Waals surface area (Å²) >= 11 is 1.84. The van der Waals surface area contributed by atoms with Crippen LogP contribution >= 0.6 is 11.8 Å². The molecule has 0 spiro atoms. The zero-order chi connectivity index (χ0) is 38.9. The topological polar surface area (TPSA) is 34.0 Å². The lowest BCUT2D eigenvalue weighted by molar-refractivity contribution is 1.17. The van der Waals surface area contributed by atoms with Crippen LogP contribution in [0.3, 0.4) is 0 Å². The van der Waals surface area contributed by atoms with Crippen LogP contribution in [0.4, 0.5) is 17.1 Å². The van der Waals surface area contributed by atoms with Crippen LogP contribution in [-0.2, 0) is 0 Å². The molecular weight excluding hydrogens is 737 g/mol. The molecule has 0 N–H and O–H groups in total. The minimum atomic E-state index is 0.713. The van der Waals surface area contributed by atoms with Crippen LogP contribution in [0.1, 0.15) is 0 Å². The Bertz CT molecular complexity index is 3410. The first-order chi connectivity index (χ1) is 29.2. The van der Waals surface area contributed by atoms with Gasteiger partial charge in [-0.15, -0.1) is 0 Å². The molecule has 3 heterocycles. The van der Waals surface area contributed by atoms with Crippen LogP contribution in [0.5, 0.6) is 0 Å². The summed E-state index contributed by atoms with van der Waals surface area (Å²) in [5.41, 5.74) is 13.3. The fourth-order valence-electron chi connectivity index (χ4n) is 8.82. The predicted octanol–water partition coefficient (Wildman–Crippen LogP) is 14.8. The Balaban J connectivity index is 0.988. The predicted molar refractivity (Wildman–Crippen MR) is 246 cm³/mol. The van der Waals surface area contributed by atoms with Crippen LogP contribution in [0, 0.1) is 0 Å². The highest BCUT2D eigenvalue weighted by Crippen LogP contribution is 2.52. The third-order valence-corrected chi connectivity index (χ3v) is 12.7. The van der Waals surface area contributed by atoms with Crippen molar-refractivity contribution in [3.8, 4) is 39.5 Å². The van der Waals surface area contributed by atoms with E-state index in [0.717, 1.165) is 44.6 Å². The molecule has 1 aliphatic rings. The molecule has 4 nitrogen and oxygen atoms in total. The second kappa shape index (κ2) is 13.6. The van der Waals surface area contributed by atoms with Gasteiger partial charge in [0.2, 0.25) is 0 Å². The summed E-state index contributed by atoms with van der Waals surface area (Å²) in [6.45, 7) is 0. The van der Waals surface area contributed by atoms with Gasteiger partial charge in [0.1, 0.15) is 0 Å². The van der Waals surface area contributed by atoms with Crippen molar-refractivity contribution in [2.24, 2.45) is 0 Å². The zero-order valence-corrected chi connectivity index (χ0v) is 32.6. The van der Waals surface area contributed by atoms with Crippen molar-refractivity contribution in [1.82, 2.24) is 14.5 Å². The molecule has 0 aliphatic carbocycles. The van der Waals surface area contributed by atoms with Gasteiger partial charge in [0, 0.05) is 48.5 Å². The van der Waals surface area contributed by atoms with Gasteiger partial charge in [-0.2, -0.15) is 0 Å². The molecule has 0 radical (unpaired) electrons. The summed E-state index contributed by atoms with van der Waals surface area (Å²) in [4.78, 5) is 15.0. The number of benzene rings is 9. The molecule has 2 aromatic heterocycles. The van der Waals surface area contributed by atoms with Gasteiger partial charge >= 0.3 is 0 Å². The third kappa shape index (κ3) is 5.54. The highest BCUT2D eigenvalue weighted by Gasteiger charge is 2.25. The van der Waals surface area contributed by atoms with Crippen molar-refractivity contribution in [2.45, 2.75) is 9.79 Å². The van der Waals surface area contributed by atoms with Crippen molar-refractivity contribution in [3.05, 3.63) is 206 Å². The average Bonchev–Trinajstić information content (AvgIpc) is 3.65. The Kier molecular flexibility index (Phi) is 7.75. The van der Waals surface area contributed by atoms with Crippen molar-refractivity contribution in [2.75, 3.05) is 4.90 Å². The second-order valence-electron chi connectivity index (χ2n) is 15.0. The van der Waals surface area contributed by atoms with Crippen LogP contribution in [0.25, 0.3) is 82.9 Å². The molecule has 12 rings (SSSR count). The monoisotopic (exact) mass is 770 g/mol.